The summed E-state index contributed by atoms with van der Waals surface area (Å²) in [4.78, 5) is 23.5. The number of benzene rings is 2. The fourth-order valence-electron chi connectivity index (χ4n) is 2.24. The predicted octanol–water partition coefficient (Wildman–Crippen LogP) is 3.75. The number of Topliss-reactive ketones (excluding diaryl/α,β-unsaturated/α-hetero) is 1. The molecule has 1 unspecified atom stereocenters. The molecule has 0 aliphatic carbocycles. The molecule has 1 atom stereocenters. The zero-order valence-corrected chi connectivity index (χ0v) is 12.0. The van der Waals surface area contributed by atoms with Crippen LogP contribution in [0.3, 0.4) is 0 Å². The maximum atomic E-state index is 12.0. The largest absolute Gasteiger partial charge is 0.427 e. The Labute approximate surface area is 124 Å². The number of carbonyl (C=O) groups excluding carboxylic acids is 2. The van der Waals surface area contributed by atoms with E-state index in [2.05, 4.69) is 0 Å². The molecule has 0 aliphatic heterocycles. The van der Waals surface area contributed by atoms with Crippen molar-refractivity contribution < 1.29 is 14.3 Å². The second kappa shape index (κ2) is 7.39. The fourth-order valence-corrected chi connectivity index (χ4v) is 2.24. The second-order valence-corrected chi connectivity index (χ2v) is 5.00. The number of hydrogen-bond acceptors (Lipinski definition) is 3. The van der Waals surface area contributed by atoms with Crippen LogP contribution in [0.5, 0.6) is 5.75 Å². The molecule has 3 nitrogen and oxygen atoms in total. The molecule has 0 amide bonds. The van der Waals surface area contributed by atoms with Gasteiger partial charge in [-0.25, -0.2) is 0 Å². The van der Waals surface area contributed by atoms with Gasteiger partial charge in [-0.3, -0.25) is 4.79 Å². The van der Waals surface area contributed by atoms with Crippen LogP contribution >= 0.6 is 0 Å². The van der Waals surface area contributed by atoms with Crippen LogP contribution in [0.25, 0.3) is 0 Å². The summed E-state index contributed by atoms with van der Waals surface area (Å²) in [5, 5.41) is 0. The zero-order chi connectivity index (χ0) is 15.1. The highest BCUT2D eigenvalue weighted by molar-refractivity contribution is 5.79. The Balaban J connectivity index is 2.05. The molecule has 108 valence electrons. The van der Waals surface area contributed by atoms with Crippen LogP contribution in [-0.4, -0.2) is 11.8 Å². The Hall–Kier alpha value is -2.42. The molecule has 21 heavy (non-hydrogen) atoms. The van der Waals surface area contributed by atoms with Crippen molar-refractivity contribution in [1.29, 1.82) is 0 Å². The van der Waals surface area contributed by atoms with Crippen molar-refractivity contribution in [3.8, 4) is 5.75 Å². The zero-order valence-electron chi connectivity index (χ0n) is 12.0. The average molecular weight is 282 g/mol. The van der Waals surface area contributed by atoms with Gasteiger partial charge in [-0.2, -0.15) is 0 Å². The third-order valence-electron chi connectivity index (χ3n) is 3.19. The monoisotopic (exact) mass is 282 g/mol. The van der Waals surface area contributed by atoms with E-state index >= 15 is 0 Å². The van der Waals surface area contributed by atoms with Crippen molar-refractivity contribution in [2.45, 2.75) is 25.7 Å². The number of para-hydroxylation sites is 1. The molecule has 0 N–H and O–H groups in total. The van der Waals surface area contributed by atoms with Gasteiger partial charge in [0.2, 0.25) is 0 Å². The van der Waals surface area contributed by atoms with E-state index in [0.717, 1.165) is 5.56 Å². The van der Waals surface area contributed by atoms with Gasteiger partial charge in [0.05, 0.1) is 6.42 Å². The smallest absolute Gasteiger partial charge is 0.311 e. The Morgan fingerprint density at radius 2 is 1.48 bits per heavy atom. The van der Waals surface area contributed by atoms with Crippen molar-refractivity contribution in [2.24, 2.45) is 0 Å². The molecule has 0 radical (unpaired) electrons. The Morgan fingerprint density at radius 3 is 2.05 bits per heavy atom. The van der Waals surface area contributed by atoms with Crippen molar-refractivity contribution in [1.82, 2.24) is 0 Å². The summed E-state index contributed by atoms with van der Waals surface area (Å²) >= 11 is 0. The summed E-state index contributed by atoms with van der Waals surface area (Å²) in [5.41, 5.74) is 0.984. The van der Waals surface area contributed by atoms with Gasteiger partial charge in [0, 0.05) is 12.3 Å². The van der Waals surface area contributed by atoms with Crippen LogP contribution < -0.4 is 4.74 Å². The van der Waals surface area contributed by atoms with Gasteiger partial charge in [0.15, 0.2) is 0 Å². The highest BCUT2D eigenvalue weighted by Crippen LogP contribution is 2.24. The van der Waals surface area contributed by atoms with Crippen molar-refractivity contribution in [3.05, 3.63) is 66.2 Å². The SMILES string of the molecule is CC(=O)CC(CC(=O)Oc1ccccc1)c1ccccc1. The molecule has 3 heteroatoms. The van der Waals surface area contributed by atoms with Crippen LogP contribution in [0, 0.1) is 0 Å². The Morgan fingerprint density at radius 1 is 0.905 bits per heavy atom. The first-order chi connectivity index (χ1) is 10.1. The minimum Gasteiger partial charge on any atom is -0.427 e. The lowest BCUT2D eigenvalue weighted by molar-refractivity contribution is -0.134. The molecule has 0 aliphatic rings. The topological polar surface area (TPSA) is 43.4 Å². The van der Waals surface area contributed by atoms with Gasteiger partial charge in [0.1, 0.15) is 11.5 Å². The number of ketones is 1. The quantitative estimate of drug-likeness (QED) is 0.598. The van der Waals surface area contributed by atoms with E-state index in [4.69, 9.17) is 4.74 Å². The van der Waals surface area contributed by atoms with Crippen molar-refractivity contribution in [2.75, 3.05) is 0 Å². The summed E-state index contributed by atoms with van der Waals surface area (Å²) in [7, 11) is 0. The second-order valence-electron chi connectivity index (χ2n) is 5.00. The first kappa shape index (κ1) is 15.0. The Bertz CT molecular complexity index is 590. The average Bonchev–Trinajstić information content (AvgIpc) is 2.48. The normalized spacial score (nSPS) is 11.7. The van der Waals surface area contributed by atoms with Gasteiger partial charge in [-0.05, 0) is 24.6 Å². The van der Waals surface area contributed by atoms with E-state index in [1.165, 1.54) is 0 Å². The molecule has 0 saturated heterocycles. The molecule has 2 aromatic carbocycles. The van der Waals surface area contributed by atoms with E-state index in [1.807, 2.05) is 48.5 Å². The van der Waals surface area contributed by atoms with E-state index in [1.54, 1.807) is 19.1 Å². The van der Waals surface area contributed by atoms with Crippen LogP contribution in [0.1, 0.15) is 31.2 Å². The highest BCUT2D eigenvalue weighted by atomic mass is 16.5. The van der Waals surface area contributed by atoms with E-state index < -0.39 is 0 Å². The summed E-state index contributed by atoms with van der Waals surface area (Å²) in [5.74, 6) is 0.129. The molecule has 0 aromatic heterocycles. The number of ether oxygens (including phenoxy) is 1. The molecule has 0 fully saturated rings. The molecule has 2 aromatic rings. The lowest BCUT2D eigenvalue weighted by Gasteiger charge is -2.15. The minimum absolute atomic E-state index is 0.0661. The van der Waals surface area contributed by atoms with Crippen LogP contribution in [0.15, 0.2) is 60.7 Å². The van der Waals surface area contributed by atoms with Gasteiger partial charge in [-0.15, -0.1) is 0 Å². The first-order valence-corrected chi connectivity index (χ1v) is 6.95. The summed E-state index contributed by atoms with van der Waals surface area (Å²) < 4.78 is 5.30. The van der Waals surface area contributed by atoms with Crippen LogP contribution in [-0.2, 0) is 9.59 Å². The third-order valence-corrected chi connectivity index (χ3v) is 3.19. The summed E-state index contributed by atoms with van der Waals surface area (Å²) in [6.07, 6.45) is 0.534. The van der Waals surface area contributed by atoms with E-state index in [9.17, 15) is 9.59 Å². The van der Waals surface area contributed by atoms with Crippen LogP contribution in [0.4, 0.5) is 0 Å². The van der Waals surface area contributed by atoms with E-state index in [0.29, 0.717) is 12.2 Å². The molecule has 0 heterocycles. The molecule has 0 spiro atoms. The lowest BCUT2D eigenvalue weighted by atomic mass is 9.91. The number of carbonyl (C=O) groups is 2. The Kier molecular flexibility index (Phi) is 5.27. The van der Waals surface area contributed by atoms with Gasteiger partial charge >= 0.3 is 5.97 Å². The maximum Gasteiger partial charge on any atom is 0.311 e. The summed E-state index contributed by atoms with van der Waals surface area (Å²) in [6, 6.07) is 18.6. The first-order valence-electron chi connectivity index (χ1n) is 6.95. The molecule has 0 saturated carbocycles. The maximum absolute atomic E-state index is 12.0. The van der Waals surface area contributed by atoms with Crippen LogP contribution in [0.2, 0.25) is 0 Å². The highest BCUT2D eigenvalue weighted by Gasteiger charge is 2.19. The van der Waals surface area contributed by atoms with Crippen molar-refractivity contribution in [3.63, 3.8) is 0 Å². The molecule has 0 bridgehead atoms. The predicted molar refractivity (Wildman–Crippen MR) is 81.2 cm³/mol. The number of esters is 1. The summed E-state index contributed by atoms with van der Waals surface area (Å²) in [6.45, 7) is 1.54. The van der Waals surface area contributed by atoms with Gasteiger partial charge in [-0.1, -0.05) is 48.5 Å². The fraction of sp³-hybridized carbons (Fsp3) is 0.222. The number of hydrogen-bond donors (Lipinski definition) is 0. The van der Waals surface area contributed by atoms with E-state index in [-0.39, 0.29) is 24.1 Å². The lowest BCUT2D eigenvalue weighted by Crippen LogP contribution is -2.15. The number of rotatable bonds is 6. The minimum atomic E-state index is -0.323. The molecular weight excluding hydrogens is 264 g/mol. The van der Waals surface area contributed by atoms with Crippen molar-refractivity contribution >= 4 is 11.8 Å². The van der Waals surface area contributed by atoms with Gasteiger partial charge < -0.3 is 9.53 Å². The molecular formula is C18H18O3. The van der Waals surface area contributed by atoms with Gasteiger partial charge in [0.25, 0.3) is 0 Å². The molecule has 2 rings (SSSR count). The third kappa shape index (κ3) is 4.88. The standard InChI is InChI=1S/C18H18O3/c1-14(19)12-16(15-8-4-2-5-9-15)13-18(20)21-17-10-6-3-7-11-17/h2-11,16H,12-13H2,1H3.